The Hall–Kier alpha value is -2.37. The second kappa shape index (κ2) is 7.47. The zero-order valence-electron chi connectivity index (χ0n) is 13.0. The molecular formula is C18H15ClN2O2S. The highest BCUT2D eigenvalue weighted by Crippen LogP contribution is 2.23. The highest BCUT2D eigenvalue weighted by atomic mass is 35.5. The maximum Gasteiger partial charge on any atom is 0.255 e. The fourth-order valence-electron chi connectivity index (χ4n) is 2.31. The van der Waals surface area contributed by atoms with E-state index in [4.69, 9.17) is 16.3 Å². The maximum absolute atomic E-state index is 12.4. The van der Waals surface area contributed by atoms with Crippen molar-refractivity contribution < 1.29 is 9.53 Å². The van der Waals surface area contributed by atoms with Crippen LogP contribution in [0.15, 0.2) is 53.5 Å². The molecule has 0 saturated heterocycles. The van der Waals surface area contributed by atoms with E-state index in [1.807, 2.05) is 23.7 Å². The number of carbonyl (C=O) groups is 1. The quantitative estimate of drug-likeness (QED) is 0.735. The van der Waals surface area contributed by atoms with Crippen molar-refractivity contribution in [3.63, 3.8) is 0 Å². The molecule has 0 fully saturated rings. The van der Waals surface area contributed by atoms with E-state index in [1.165, 1.54) is 7.11 Å². The lowest BCUT2D eigenvalue weighted by Gasteiger charge is -2.10. The predicted molar refractivity (Wildman–Crippen MR) is 96.7 cm³/mol. The molecule has 2 heterocycles. The molecule has 3 rings (SSSR count). The van der Waals surface area contributed by atoms with E-state index in [9.17, 15) is 4.79 Å². The van der Waals surface area contributed by atoms with Crippen LogP contribution in [-0.4, -0.2) is 18.0 Å². The minimum absolute atomic E-state index is 0.240. The van der Waals surface area contributed by atoms with Gasteiger partial charge >= 0.3 is 0 Å². The summed E-state index contributed by atoms with van der Waals surface area (Å²) in [6.45, 7) is 0.374. The number of methoxy groups -OCH3 is 1. The minimum Gasteiger partial charge on any atom is -0.496 e. The van der Waals surface area contributed by atoms with Gasteiger partial charge in [-0.3, -0.25) is 9.78 Å². The minimum atomic E-state index is -0.240. The molecule has 0 spiro atoms. The van der Waals surface area contributed by atoms with Crippen LogP contribution in [0.2, 0.25) is 5.02 Å². The van der Waals surface area contributed by atoms with Crippen molar-refractivity contribution in [1.29, 1.82) is 0 Å². The van der Waals surface area contributed by atoms with E-state index in [1.54, 1.807) is 35.7 Å². The summed E-state index contributed by atoms with van der Waals surface area (Å²) in [5.41, 5.74) is 3.49. The zero-order valence-corrected chi connectivity index (χ0v) is 14.5. The molecule has 0 radical (unpaired) electrons. The Balaban J connectivity index is 1.73. The Morgan fingerprint density at radius 2 is 2.12 bits per heavy atom. The Morgan fingerprint density at radius 1 is 1.25 bits per heavy atom. The van der Waals surface area contributed by atoms with Gasteiger partial charge in [0, 0.05) is 29.5 Å². The SMILES string of the molecule is COc1ccc(Cl)cc1C(=O)NCc1cncc(-c2ccsc2)c1. The maximum atomic E-state index is 12.4. The molecule has 0 bridgehead atoms. The molecule has 1 N–H and O–H groups in total. The van der Waals surface area contributed by atoms with Gasteiger partial charge in [-0.25, -0.2) is 0 Å². The van der Waals surface area contributed by atoms with E-state index in [0.717, 1.165) is 16.7 Å². The number of hydrogen-bond donors (Lipinski definition) is 1. The largest absolute Gasteiger partial charge is 0.496 e. The molecule has 1 aromatic carbocycles. The smallest absolute Gasteiger partial charge is 0.255 e. The van der Waals surface area contributed by atoms with Crippen LogP contribution in [0.1, 0.15) is 15.9 Å². The second-order valence-electron chi connectivity index (χ2n) is 5.12. The highest BCUT2D eigenvalue weighted by Gasteiger charge is 2.13. The van der Waals surface area contributed by atoms with E-state index < -0.39 is 0 Å². The molecule has 3 aromatic rings. The molecule has 1 amide bonds. The number of nitrogens with zero attached hydrogens (tertiary/aromatic N) is 1. The van der Waals surface area contributed by atoms with Crippen molar-refractivity contribution in [2.75, 3.05) is 7.11 Å². The summed E-state index contributed by atoms with van der Waals surface area (Å²) in [4.78, 5) is 16.6. The van der Waals surface area contributed by atoms with E-state index in [-0.39, 0.29) is 5.91 Å². The molecule has 2 aromatic heterocycles. The first-order valence-corrected chi connectivity index (χ1v) is 8.57. The van der Waals surface area contributed by atoms with Crippen LogP contribution >= 0.6 is 22.9 Å². The van der Waals surface area contributed by atoms with Gasteiger partial charge in [0.1, 0.15) is 5.75 Å². The number of halogens is 1. The number of hydrogen-bond acceptors (Lipinski definition) is 4. The fourth-order valence-corrected chi connectivity index (χ4v) is 3.14. The number of thiophene rings is 1. The lowest BCUT2D eigenvalue weighted by atomic mass is 10.1. The zero-order chi connectivity index (χ0) is 16.9. The van der Waals surface area contributed by atoms with Crippen molar-refractivity contribution in [1.82, 2.24) is 10.3 Å². The van der Waals surface area contributed by atoms with Gasteiger partial charge in [0.15, 0.2) is 0 Å². The fraction of sp³-hybridized carbons (Fsp3) is 0.111. The molecule has 6 heteroatoms. The molecule has 0 saturated carbocycles. The van der Waals surface area contributed by atoms with E-state index >= 15 is 0 Å². The van der Waals surface area contributed by atoms with E-state index in [2.05, 4.69) is 15.7 Å². The topological polar surface area (TPSA) is 51.2 Å². The van der Waals surface area contributed by atoms with Gasteiger partial charge in [0.2, 0.25) is 0 Å². The van der Waals surface area contributed by atoms with Gasteiger partial charge in [-0.1, -0.05) is 11.6 Å². The third kappa shape index (κ3) is 3.75. The molecule has 4 nitrogen and oxygen atoms in total. The summed E-state index contributed by atoms with van der Waals surface area (Å²) < 4.78 is 5.21. The number of amides is 1. The molecule has 0 aliphatic carbocycles. The summed E-state index contributed by atoms with van der Waals surface area (Å²) in [6.07, 6.45) is 3.55. The summed E-state index contributed by atoms with van der Waals surface area (Å²) in [7, 11) is 1.52. The number of carbonyl (C=O) groups excluding carboxylic acids is 1. The Morgan fingerprint density at radius 3 is 2.88 bits per heavy atom. The van der Waals surface area contributed by atoms with Crippen molar-refractivity contribution in [3.05, 3.63) is 69.6 Å². The standard InChI is InChI=1S/C18H15ClN2O2S/c1-23-17-3-2-15(19)7-16(17)18(22)21-9-12-6-14(10-20-8-12)13-4-5-24-11-13/h2-8,10-11H,9H2,1H3,(H,21,22). The molecule has 0 atom stereocenters. The van der Waals surface area contributed by atoms with Gasteiger partial charge in [-0.15, -0.1) is 0 Å². The molecule has 0 aliphatic heterocycles. The molecule has 0 aliphatic rings. The average Bonchev–Trinajstić information content (AvgIpc) is 3.14. The lowest BCUT2D eigenvalue weighted by Crippen LogP contribution is -2.23. The first kappa shape index (κ1) is 16.5. The van der Waals surface area contributed by atoms with Gasteiger partial charge in [-0.05, 0) is 52.2 Å². The van der Waals surface area contributed by atoms with Gasteiger partial charge in [0.05, 0.1) is 12.7 Å². The normalized spacial score (nSPS) is 10.4. The van der Waals surface area contributed by atoms with Crippen molar-refractivity contribution in [2.45, 2.75) is 6.54 Å². The Kier molecular flexibility index (Phi) is 5.13. The van der Waals surface area contributed by atoms with Gasteiger partial charge < -0.3 is 10.1 Å². The number of nitrogens with one attached hydrogen (secondary N) is 1. The number of ether oxygens (including phenoxy) is 1. The number of pyridine rings is 1. The van der Waals surface area contributed by atoms with Crippen molar-refractivity contribution in [2.24, 2.45) is 0 Å². The van der Waals surface area contributed by atoms with Crippen LogP contribution in [0.4, 0.5) is 0 Å². The Bertz CT molecular complexity index is 850. The number of benzene rings is 1. The number of aromatic nitrogens is 1. The lowest BCUT2D eigenvalue weighted by molar-refractivity contribution is 0.0948. The van der Waals surface area contributed by atoms with Crippen LogP contribution in [-0.2, 0) is 6.54 Å². The Labute approximate surface area is 149 Å². The van der Waals surface area contributed by atoms with Gasteiger partial charge in [-0.2, -0.15) is 11.3 Å². The van der Waals surface area contributed by atoms with Crippen LogP contribution in [0.25, 0.3) is 11.1 Å². The van der Waals surface area contributed by atoms with Crippen molar-refractivity contribution in [3.8, 4) is 16.9 Å². The van der Waals surface area contributed by atoms with E-state index in [0.29, 0.717) is 22.9 Å². The highest BCUT2D eigenvalue weighted by molar-refractivity contribution is 7.08. The number of rotatable bonds is 5. The summed E-state index contributed by atoms with van der Waals surface area (Å²) in [5, 5.41) is 7.45. The molecule has 0 unspecified atom stereocenters. The third-order valence-corrected chi connectivity index (χ3v) is 4.43. The predicted octanol–water partition coefficient (Wildman–Crippen LogP) is 4.40. The van der Waals surface area contributed by atoms with Crippen molar-refractivity contribution >= 4 is 28.8 Å². The summed E-state index contributed by atoms with van der Waals surface area (Å²) >= 11 is 7.61. The van der Waals surface area contributed by atoms with Gasteiger partial charge in [0.25, 0.3) is 5.91 Å². The molecular weight excluding hydrogens is 344 g/mol. The summed E-state index contributed by atoms with van der Waals surface area (Å²) in [6, 6.07) is 9.02. The van der Waals surface area contributed by atoms with Crippen LogP contribution in [0.3, 0.4) is 0 Å². The second-order valence-corrected chi connectivity index (χ2v) is 6.34. The first-order chi connectivity index (χ1) is 11.7. The van der Waals surface area contributed by atoms with Crippen LogP contribution in [0.5, 0.6) is 5.75 Å². The average molecular weight is 359 g/mol. The molecule has 122 valence electrons. The monoisotopic (exact) mass is 358 g/mol. The third-order valence-electron chi connectivity index (χ3n) is 3.51. The summed E-state index contributed by atoms with van der Waals surface area (Å²) in [5.74, 6) is 0.248. The van der Waals surface area contributed by atoms with Crippen LogP contribution < -0.4 is 10.1 Å². The molecule has 24 heavy (non-hydrogen) atoms. The first-order valence-electron chi connectivity index (χ1n) is 7.25. The van der Waals surface area contributed by atoms with Crippen LogP contribution in [0, 0.1) is 0 Å².